The van der Waals surface area contributed by atoms with E-state index in [0.717, 1.165) is 25.9 Å². The minimum atomic E-state index is -5.08. The molecule has 0 bridgehead atoms. The average molecular weight is 376 g/mol. The number of Topliss-reactive ketones (excluding diaryl/α,β-unsaturated/α-hetero) is 1. The van der Waals surface area contributed by atoms with Gasteiger partial charge >= 0.3 is 12.1 Å². The normalized spacial score (nSPS) is 20.6. The van der Waals surface area contributed by atoms with Crippen LogP contribution in [0.25, 0.3) is 0 Å². The summed E-state index contributed by atoms with van der Waals surface area (Å²) in [4.78, 5) is 37.3. The number of carbonyl (C=O) groups is 3. The summed E-state index contributed by atoms with van der Waals surface area (Å²) in [5, 5.41) is 7.12. The van der Waals surface area contributed by atoms with Crippen molar-refractivity contribution >= 4 is 17.7 Å². The molecule has 1 aromatic rings. The first-order chi connectivity index (χ1) is 12.2. The Bertz CT molecular complexity index is 645. The minimum Gasteiger partial charge on any atom is -0.475 e. The lowest BCUT2D eigenvalue weighted by molar-refractivity contribution is -0.192. The van der Waals surface area contributed by atoms with E-state index >= 15 is 0 Å². The maximum absolute atomic E-state index is 12.2. The Morgan fingerprint density at radius 2 is 1.81 bits per heavy atom. The fourth-order valence-electron chi connectivity index (χ4n) is 3.05. The number of carboxylic acids is 1. The zero-order valence-electron chi connectivity index (χ0n) is 13.9. The number of amides is 1. The molecular formula is C16H19F3N2O5. The molecule has 144 valence electrons. The lowest BCUT2D eigenvalue weighted by Gasteiger charge is -2.24. The number of nitrogens with zero attached hydrogens (tertiary/aromatic N) is 2. The van der Waals surface area contributed by atoms with Crippen molar-refractivity contribution in [3.8, 4) is 0 Å². The summed E-state index contributed by atoms with van der Waals surface area (Å²) in [5.74, 6) is -3.58. The molecule has 7 nitrogen and oxygen atoms in total. The first-order valence-corrected chi connectivity index (χ1v) is 8.11. The van der Waals surface area contributed by atoms with Crippen molar-refractivity contribution < 1.29 is 37.1 Å². The number of fused-ring (bicyclic) bond motifs is 1. The molecule has 1 unspecified atom stereocenters. The standard InChI is InChI=1S/C14H18N2O3.C2HF3O2/c17-13(12-5-2-9-19-12)14(18)16-8-3-7-15-6-1-4-11(15)10-16;3-2(4,5)1(6)7/h2,5,9,11H,1,3-4,6-8,10H2;(H,6,7). The molecule has 2 aliphatic rings. The summed E-state index contributed by atoms with van der Waals surface area (Å²) in [6.45, 7) is 3.49. The summed E-state index contributed by atoms with van der Waals surface area (Å²) in [7, 11) is 0. The Morgan fingerprint density at radius 1 is 1.15 bits per heavy atom. The number of carbonyl (C=O) groups excluding carboxylic acids is 2. The first kappa shape index (κ1) is 20.0. The number of ketones is 1. The molecule has 2 saturated heterocycles. The van der Waals surface area contributed by atoms with Crippen LogP contribution in [0.3, 0.4) is 0 Å². The van der Waals surface area contributed by atoms with Gasteiger partial charge in [0.25, 0.3) is 11.7 Å². The van der Waals surface area contributed by atoms with Crippen molar-refractivity contribution in [2.75, 3.05) is 26.2 Å². The van der Waals surface area contributed by atoms with Crippen molar-refractivity contribution in [3.05, 3.63) is 24.2 Å². The number of halogens is 3. The van der Waals surface area contributed by atoms with Gasteiger partial charge in [-0.25, -0.2) is 4.79 Å². The van der Waals surface area contributed by atoms with Crippen LogP contribution in [-0.2, 0) is 9.59 Å². The van der Waals surface area contributed by atoms with E-state index in [4.69, 9.17) is 14.3 Å². The van der Waals surface area contributed by atoms with E-state index in [2.05, 4.69) is 4.90 Å². The largest absolute Gasteiger partial charge is 0.490 e. The molecule has 2 fully saturated rings. The summed E-state index contributed by atoms with van der Waals surface area (Å²) < 4.78 is 36.8. The number of hydrogen-bond acceptors (Lipinski definition) is 5. The smallest absolute Gasteiger partial charge is 0.475 e. The van der Waals surface area contributed by atoms with Gasteiger partial charge in [0.2, 0.25) is 0 Å². The highest BCUT2D eigenvalue weighted by Crippen LogP contribution is 2.21. The van der Waals surface area contributed by atoms with Gasteiger partial charge in [0.1, 0.15) is 0 Å². The van der Waals surface area contributed by atoms with Crippen LogP contribution in [0.2, 0.25) is 0 Å². The Kier molecular flexibility index (Phi) is 6.41. The lowest BCUT2D eigenvalue weighted by atomic mass is 10.2. The van der Waals surface area contributed by atoms with Crippen molar-refractivity contribution in [1.29, 1.82) is 0 Å². The van der Waals surface area contributed by atoms with Gasteiger partial charge in [-0.15, -0.1) is 0 Å². The Hall–Kier alpha value is -2.36. The molecule has 3 rings (SSSR count). The molecule has 1 atom stereocenters. The highest BCUT2D eigenvalue weighted by atomic mass is 19.4. The Balaban J connectivity index is 0.000000298. The molecule has 2 aliphatic heterocycles. The van der Waals surface area contributed by atoms with E-state index in [1.807, 2.05) is 0 Å². The van der Waals surface area contributed by atoms with Gasteiger partial charge < -0.3 is 14.4 Å². The van der Waals surface area contributed by atoms with Crippen LogP contribution in [-0.4, -0.2) is 71.0 Å². The van der Waals surface area contributed by atoms with Crippen LogP contribution in [0.1, 0.15) is 29.8 Å². The molecule has 1 N–H and O–H groups in total. The predicted molar refractivity (Wildman–Crippen MR) is 82.5 cm³/mol. The third kappa shape index (κ3) is 5.07. The van der Waals surface area contributed by atoms with Crippen LogP contribution in [0.4, 0.5) is 13.2 Å². The van der Waals surface area contributed by atoms with Crippen molar-refractivity contribution in [1.82, 2.24) is 9.80 Å². The van der Waals surface area contributed by atoms with E-state index in [1.165, 1.54) is 12.7 Å². The second-order valence-electron chi connectivity index (χ2n) is 6.05. The third-order valence-electron chi connectivity index (χ3n) is 4.27. The number of carboxylic acid groups (broad SMARTS) is 1. The quantitative estimate of drug-likeness (QED) is 0.625. The van der Waals surface area contributed by atoms with Crippen LogP contribution in [0.5, 0.6) is 0 Å². The number of alkyl halides is 3. The number of furan rings is 1. The van der Waals surface area contributed by atoms with Gasteiger partial charge in [0.05, 0.1) is 6.26 Å². The van der Waals surface area contributed by atoms with E-state index in [0.29, 0.717) is 19.1 Å². The van der Waals surface area contributed by atoms with Gasteiger partial charge in [0, 0.05) is 25.7 Å². The topological polar surface area (TPSA) is 91.1 Å². The summed E-state index contributed by atoms with van der Waals surface area (Å²) >= 11 is 0. The van der Waals surface area contributed by atoms with Crippen molar-refractivity contribution in [3.63, 3.8) is 0 Å². The van der Waals surface area contributed by atoms with Crippen LogP contribution in [0, 0.1) is 0 Å². The molecule has 0 aliphatic carbocycles. The van der Waals surface area contributed by atoms with E-state index < -0.39 is 23.8 Å². The van der Waals surface area contributed by atoms with Gasteiger partial charge in [-0.3, -0.25) is 14.5 Å². The molecule has 26 heavy (non-hydrogen) atoms. The SMILES string of the molecule is O=C(C(=O)N1CCCN2CCCC2C1)c1ccco1.O=C(O)C(F)(F)F. The number of rotatable bonds is 2. The third-order valence-corrected chi connectivity index (χ3v) is 4.27. The molecule has 0 saturated carbocycles. The summed E-state index contributed by atoms with van der Waals surface area (Å²) in [6.07, 6.45) is -0.410. The summed E-state index contributed by atoms with van der Waals surface area (Å²) in [6, 6.07) is 3.59. The molecule has 10 heteroatoms. The maximum Gasteiger partial charge on any atom is 0.490 e. The second-order valence-corrected chi connectivity index (χ2v) is 6.05. The first-order valence-electron chi connectivity index (χ1n) is 8.11. The lowest BCUT2D eigenvalue weighted by Crippen LogP contribution is -2.42. The van der Waals surface area contributed by atoms with Gasteiger partial charge in [-0.1, -0.05) is 0 Å². The molecule has 1 aromatic heterocycles. The molecular weight excluding hydrogens is 357 g/mol. The average Bonchev–Trinajstić information content (AvgIpc) is 3.21. The Morgan fingerprint density at radius 3 is 2.38 bits per heavy atom. The fourth-order valence-corrected chi connectivity index (χ4v) is 3.05. The molecule has 0 aromatic carbocycles. The monoisotopic (exact) mass is 376 g/mol. The van der Waals surface area contributed by atoms with Gasteiger partial charge in [-0.05, 0) is 37.9 Å². The molecule has 3 heterocycles. The van der Waals surface area contributed by atoms with Gasteiger partial charge in [0.15, 0.2) is 5.76 Å². The summed E-state index contributed by atoms with van der Waals surface area (Å²) in [5.41, 5.74) is 0. The van der Waals surface area contributed by atoms with Crippen LogP contribution >= 0.6 is 0 Å². The van der Waals surface area contributed by atoms with Crippen LogP contribution in [0.15, 0.2) is 22.8 Å². The zero-order chi connectivity index (χ0) is 19.3. The predicted octanol–water partition coefficient (Wildman–Crippen LogP) is 1.79. The molecule has 0 radical (unpaired) electrons. The molecule has 0 spiro atoms. The van der Waals surface area contributed by atoms with Crippen molar-refractivity contribution in [2.24, 2.45) is 0 Å². The zero-order valence-corrected chi connectivity index (χ0v) is 13.9. The minimum absolute atomic E-state index is 0.137. The van der Waals surface area contributed by atoms with E-state index in [1.54, 1.807) is 17.0 Å². The number of aliphatic carboxylic acids is 1. The Labute approximate surface area is 147 Å². The highest BCUT2D eigenvalue weighted by molar-refractivity contribution is 6.41. The number of hydrogen-bond donors (Lipinski definition) is 1. The van der Waals surface area contributed by atoms with E-state index in [9.17, 15) is 22.8 Å². The van der Waals surface area contributed by atoms with Crippen LogP contribution < -0.4 is 0 Å². The van der Waals surface area contributed by atoms with Gasteiger partial charge in [-0.2, -0.15) is 13.2 Å². The highest BCUT2D eigenvalue weighted by Gasteiger charge is 2.38. The maximum atomic E-state index is 12.2. The van der Waals surface area contributed by atoms with Crippen molar-refractivity contribution in [2.45, 2.75) is 31.5 Å². The van der Waals surface area contributed by atoms with E-state index in [-0.39, 0.29) is 5.76 Å². The second kappa shape index (κ2) is 8.35. The fraction of sp³-hybridized carbons (Fsp3) is 0.562. The molecule has 1 amide bonds.